The SMILES string of the molecule is O=C(O)C1CCC(CNCc2ccccn2)CC1. The van der Waals surface area contributed by atoms with E-state index in [2.05, 4.69) is 10.3 Å². The lowest BCUT2D eigenvalue weighted by atomic mass is 9.82. The predicted molar refractivity (Wildman–Crippen MR) is 69.0 cm³/mol. The van der Waals surface area contributed by atoms with Gasteiger partial charge in [0.2, 0.25) is 0 Å². The van der Waals surface area contributed by atoms with Crippen LogP contribution in [0.4, 0.5) is 0 Å². The van der Waals surface area contributed by atoms with Crippen molar-refractivity contribution in [3.63, 3.8) is 0 Å². The standard InChI is InChI=1S/C14H20N2O2/c17-14(18)12-6-4-11(5-7-12)9-15-10-13-3-1-2-8-16-13/h1-3,8,11-12,15H,4-7,9-10H2,(H,17,18). The number of hydrogen-bond donors (Lipinski definition) is 2. The van der Waals surface area contributed by atoms with Crippen molar-refractivity contribution in [2.24, 2.45) is 11.8 Å². The highest BCUT2D eigenvalue weighted by molar-refractivity contribution is 5.69. The van der Waals surface area contributed by atoms with Gasteiger partial charge in [-0.3, -0.25) is 9.78 Å². The Balaban J connectivity index is 1.65. The molecule has 4 heteroatoms. The van der Waals surface area contributed by atoms with E-state index in [1.807, 2.05) is 18.2 Å². The normalized spacial score (nSPS) is 23.8. The minimum atomic E-state index is -0.630. The number of nitrogens with zero attached hydrogens (tertiary/aromatic N) is 1. The molecule has 0 unspecified atom stereocenters. The van der Waals surface area contributed by atoms with E-state index in [0.29, 0.717) is 5.92 Å². The van der Waals surface area contributed by atoms with Gasteiger partial charge in [0, 0.05) is 12.7 Å². The van der Waals surface area contributed by atoms with Gasteiger partial charge in [-0.25, -0.2) is 0 Å². The number of pyridine rings is 1. The summed E-state index contributed by atoms with van der Waals surface area (Å²) in [5, 5.41) is 12.3. The van der Waals surface area contributed by atoms with Gasteiger partial charge in [0.1, 0.15) is 0 Å². The van der Waals surface area contributed by atoms with Crippen molar-refractivity contribution in [3.8, 4) is 0 Å². The maximum Gasteiger partial charge on any atom is 0.306 e. The first-order valence-corrected chi connectivity index (χ1v) is 6.59. The van der Waals surface area contributed by atoms with Gasteiger partial charge in [-0.05, 0) is 50.3 Å². The Morgan fingerprint density at radius 1 is 1.33 bits per heavy atom. The Labute approximate surface area is 107 Å². The van der Waals surface area contributed by atoms with Gasteiger partial charge in [-0.15, -0.1) is 0 Å². The summed E-state index contributed by atoms with van der Waals surface area (Å²) in [6.07, 6.45) is 5.49. The molecule has 0 atom stereocenters. The Bertz CT molecular complexity index is 373. The quantitative estimate of drug-likeness (QED) is 0.837. The van der Waals surface area contributed by atoms with E-state index in [9.17, 15) is 4.79 Å². The van der Waals surface area contributed by atoms with E-state index in [4.69, 9.17) is 5.11 Å². The number of carboxylic acids is 1. The van der Waals surface area contributed by atoms with E-state index in [0.717, 1.165) is 44.5 Å². The average Bonchev–Trinajstić information content (AvgIpc) is 2.40. The van der Waals surface area contributed by atoms with Crippen LogP contribution in [0.2, 0.25) is 0 Å². The minimum absolute atomic E-state index is 0.114. The monoisotopic (exact) mass is 248 g/mol. The molecular formula is C14H20N2O2. The smallest absolute Gasteiger partial charge is 0.306 e. The van der Waals surface area contributed by atoms with Crippen LogP contribution in [-0.2, 0) is 11.3 Å². The molecule has 1 aromatic heterocycles. The summed E-state index contributed by atoms with van der Waals surface area (Å²) in [5.41, 5.74) is 1.05. The first-order valence-electron chi connectivity index (χ1n) is 6.59. The molecule has 2 N–H and O–H groups in total. The molecule has 1 aromatic rings. The molecule has 0 bridgehead atoms. The average molecular weight is 248 g/mol. The first-order chi connectivity index (χ1) is 8.75. The molecule has 98 valence electrons. The van der Waals surface area contributed by atoms with Crippen molar-refractivity contribution >= 4 is 5.97 Å². The van der Waals surface area contributed by atoms with Gasteiger partial charge >= 0.3 is 5.97 Å². The van der Waals surface area contributed by atoms with Crippen molar-refractivity contribution in [3.05, 3.63) is 30.1 Å². The summed E-state index contributed by atoms with van der Waals surface area (Å²) in [6.45, 7) is 1.75. The minimum Gasteiger partial charge on any atom is -0.481 e. The molecule has 1 heterocycles. The molecule has 0 aromatic carbocycles. The number of nitrogens with one attached hydrogen (secondary N) is 1. The van der Waals surface area contributed by atoms with Gasteiger partial charge in [0.05, 0.1) is 11.6 Å². The maximum absolute atomic E-state index is 10.8. The van der Waals surface area contributed by atoms with Crippen LogP contribution >= 0.6 is 0 Å². The lowest BCUT2D eigenvalue weighted by Crippen LogP contribution is -2.28. The summed E-state index contributed by atoms with van der Waals surface area (Å²) < 4.78 is 0. The van der Waals surface area contributed by atoms with E-state index in [-0.39, 0.29) is 5.92 Å². The largest absolute Gasteiger partial charge is 0.481 e. The fourth-order valence-electron chi connectivity index (χ4n) is 2.52. The zero-order chi connectivity index (χ0) is 12.8. The molecule has 1 aliphatic rings. The second-order valence-corrected chi connectivity index (χ2v) is 5.01. The molecule has 0 radical (unpaired) electrons. The molecule has 0 amide bonds. The molecule has 0 aliphatic heterocycles. The van der Waals surface area contributed by atoms with Crippen molar-refractivity contribution in [1.29, 1.82) is 0 Å². The number of carboxylic acid groups (broad SMARTS) is 1. The number of rotatable bonds is 5. The molecule has 4 nitrogen and oxygen atoms in total. The maximum atomic E-state index is 10.8. The van der Waals surface area contributed by atoms with Crippen molar-refractivity contribution in [2.45, 2.75) is 32.2 Å². The Kier molecular flexibility index (Phi) is 4.70. The highest BCUT2D eigenvalue weighted by Crippen LogP contribution is 2.28. The van der Waals surface area contributed by atoms with Crippen LogP contribution in [0.25, 0.3) is 0 Å². The third-order valence-electron chi connectivity index (χ3n) is 3.66. The van der Waals surface area contributed by atoms with E-state index < -0.39 is 5.97 Å². The van der Waals surface area contributed by atoms with Crippen LogP contribution in [-0.4, -0.2) is 22.6 Å². The number of aliphatic carboxylic acids is 1. The fourth-order valence-corrected chi connectivity index (χ4v) is 2.52. The third-order valence-corrected chi connectivity index (χ3v) is 3.66. The fraction of sp³-hybridized carbons (Fsp3) is 0.571. The molecule has 2 rings (SSSR count). The zero-order valence-corrected chi connectivity index (χ0v) is 10.5. The highest BCUT2D eigenvalue weighted by Gasteiger charge is 2.25. The second-order valence-electron chi connectivity index (χ2n) is 5.01. The lowest BCUT2D eigenvalue weighted by molar-refractivity contribution is -0.143. The molecule has 1 fully saturated rings. The van der Waals surface area contributed by atoms with E-state index >= 15 is 0 Å². The van der Waals surface area contributed by atoms with Gasteiger partial charge in [0.25, 0.3) is 0 Å². The van der Waals surface area contributed by atoms with Crippen LogP contribution in [0, 0.1) is 11.8 Å². The number of carbonyl (C=O) groups is 1. The van der Waals surface area contributed by atoms with Gasteiger partial charge in [0.15, 0.2) is 0 Å². The summed E-state index contributed by atoms with van der Waals surface area (Å²) in [6, 6.07) is 5.91. The topological polar surface area (TPSA) is 62.2 Å². The van der Waals surface area contributed by atoms with Gasteiger partial charge in [-0.1, -0.05) is 6.07 Å². The van der Waals surface area contributed by atoms with Crippen LogP contribution in [0.5, 0.6) is 0 Å². The summed E-state index contributed by atoms with van der Waals surface area (Å²) in [7, 11) is 0. The second kappa shape index (κ2) is 6.50. The predicted octanol–water partition coefficient (Wildman–Crippen LogP) is 2.06. The zero-order valence-electron chi connectivity index (χ0n) is 10.5. The molecule has 1 saturated carbocycles. The van der Waals surface area contributed by atoms with Gasteiger partial charge in [-0.2, -0.15) is 0 Å². The van der Waals surface area contributed by atoms with Crippen molar-refractivity contribution < 1.29 is 9.90 Å². The summed E-state index contributed by atoms with van der Waals surface area (Å²) in [5.74, 6) is -0.128. The van der Waals surface area contributed by atoms with Crippen LogP contribution in [0.15, 0.2) is 24.4 Å². The third kappa shape index (κ3) is 3.81. The van der Waals surface area contributed by atoms with Crippen LogP contribution in [0.3, 0.4) is 0 Å². The highest BCUT2D eigenvalue weighted by atomic mass is 16.4. The van der Waals surface area contributed by atoms with Crippen molar-refractivity contribution in [2.75, 3.05) is 6.54 Å². The molecular weight excluding hydrogens is 228 g/mol. The van der Waals surface area contributed by atoms with Crippen LogP contribution < -0.4 is 5.32 Å². The first kappa shape index (κ1) is 13.0. The van der Waals surface area contributed by atoms with Crippen LogP contribution in [0.1, 0.15) is 31.4 Å². The molecule has 1 aliphatic carbocycles. The molecule has 0 spiro atoms. The number of aromatic nitrogens is 1. The Hall–Kier alpha value is -1.42. The lowest BCUT2D eigenvalue weighted by Gasteiger charge is -2.26. The Morgan fingerprint density at radius 2 is 2.11 bits per heavy atom. The summed E-state index contributed by atoms with van der Waals surface area (Å²) in [4.78, 5) is 15.1. The Morgan fingerprint density at radius 3 is 2.72 bits per heavy atom. The number of hydrogen-bond acceptors (Lipinski definition) is 3. The summed E-state index contributed by atoms with van der Waals surface area (Å²) >= 11 is 0. The van der Waals surface area contributed by atoms with E-state index in [1.54, 1.807) is 6.20 Å². The molecule has 0 saturated heterocycles. The van der Waals surface area contributed by atoms with Crippen molar-refractivity contribution in [1.82, 2.24) is 10.3 Å². The molecule has 18 heavy (non-hydrogen) atoms. The van der Waals surface area contributed by atoms with E-state index in [1.165, 1.54) is 0 Å². The van der Waals surface area contributed by atoms with Gasteiger partial charge < -0.3 is 10.4 Å².